The topological polar surface area (TPSA) is 29.1 Å². The van der Waals surface area contributed by atoms with Gasteiger partial charge in [0.25, 0.3) is 5.91 Å². The van der Waals surface area contributed by atoms with E-state index in [1.165, 1.54) is 0 Å². The molecule has 2 rings (SSSR count). The fourth-order valence-electron chi connectivity index (χ4n) is 1.36. The molecule has 0 unspecified atom stereocenters. The minimum atomic E-state index is 0.0388. The first-order chi connectivity index (χ1) is 6.65. The fraction of sp³-hybridized carbons (Fsp3) is 0.364. The number of aryl methyl sites for hydroxylation is 1. The quantitative estimate of drug-likeness (QED) is 0.863. The third-order valence-corrected chi connectivity index (χ3v) is 2.67. The van der Waals surface area contributed by atoms with Gasteiger partial charge in [0.05, 0.1) is 0 Å². The van der Waals surface area contributed by atoms with E-state index in [4.69, 9.17) is 0 Å². The average molecular weight is 254 g/mol. The maximum absolute atomic E-state index is 11.7. The Balaban J connectivity index is 2.17. The van der Waals surface area contributed by atoms with Crippen LogP contribution in [0.25, 0.3) is 0 Å². The van der Waals surface area contributed by atoms with Crippen LogP contribution in [-0.4, -0.2) is 11.9 Å². The van der Waals surface area contributed by atoms with Crippen molar-refractivity contribution in [2.24, 2.45) is 0 Å². The van der Waals surface area contributed by atoms with Crippen molar-refractivity contribution in [1.82, 2.24) is 5.32 Å². The predicted octanol–water partition coefficient (Wildman–Crippen LogP) is 2.65. The molecule has 1 aromatic rings. The Morgan fingerprint density at radius 1 is 1.43 bits per heavy atom. The summed E-state index contributed by atoms with van der Waals surface area (Å²) in [5, 5.41) is 2.96. The van der Waals surface area contributed by atoms with Gasteiger partial charge in [-0.2, -0.15) is 0 Å². The van der Waals surface area contributed by atoms with Crippen molar-refractivity contribution >= 4 is 21.8 Å². The SMILES string of the molecule is Cc1cc(Br)cc(C(=O)NC2CC2)c1. The molecule has 1 aromatic carbocycles. The predicted molar refractivity (Wildman–Crippen MR) is 59.4 cm³/mol. The molecule has 0 spiro atoms. The van der Waals surface area contributed by atoms with E-state index in [1.807, 2.05) is 25.1 Å². The van der Waals surface area contributed by atoms with E-state index in [0.717, 1.165) is 28.4 Å². The second kappa shape index (κ2) is 3.73. The van der Waals surface area contributed by atoms with E-state index in [0.29, 0.717) is 6.04 Å². The zero-order valence-corrected chi connectivity index (χ0v) is 9.60. The molecule has 3 heteroatoms. The number of carbonyl (C=O) groups excluding carboxylic acids is 1. The van der Waals surface area contributed by atoms with Crippen molar-refractivity contribution < 1.29 is 4.79 Å². The smallest absolute Gasteiger partial charge is 0.251 e. The van der Waals surface area contributed by atoms with Crippen LogP contribution in [0.2, 0.25) is 0 Å². The number of hydrogen-bond acceptors (Lipinski definition) is 1. The molecular formula is C11H12BrNO. The van der Waals surface area contributed by atoms with E-state index >= 15 is 0 Å². The average Bonchev–Trinajstić information content (AvgIpc) is 2.86. The molecule has 0 heterocycles. The van der Waals surface area contributed by atoms with Crippen LogP contribution in [0.3, 0.4) is 0 Å². The molecule has 1 amide bonds. The second-order valence-electron chi connectivity index (χ2n) is 3.76. The number of rotatable bonds is 2. The number of hydrogen-bond donors (Lipinski definition) is 1. The molecule has 14 heavy (non-hydrogen) atoms. The van der Waals surface area contributed by atoms with Crippen molar-refractivity contribution in [1.29, 1.82) is 0 Å². The Labute approximate surface area is 91.8 Å². The highest BCUT2D eigenvalue weighted by Gasteiger charge is 2.23. The molecule has 1 aliphatic carbocycles. The standard InChI is InChI=1S/C11H12BrNO/c1-7-4-8(6-9(12)5-7)11(14)13-10-2-3-10/h4-6,10H,2-3H2,1H3,(H,13,14). The van der Waals surface area contributed by atoms with Crippen LogP contribution in [0.1, 0.15) is 28.8 Å². The number of benzene rings is 1. The maximum atomic E-state index is 11.7. The second-order valence-corrected chi connectivity index (χ2v) is 4.68. The van der Waals surface area contributed by atoms with Crippen LogP contribution in [0, 0.1) is 6.92 Å². The van der Waals surface area contributed by atoms with Crippen molar-refractivity contribution in [3.63, 3.8) is 0 Å². The summed E-state index contributed by atoms with van der Waals surface area (Å²) >= 11 is 3.38. The Morgan fingerprint density at radius 2 is 2.14 bits per heavy atom. The lowest BCUT2D eigenvalue weighted by atomic mass is 10.1. The van der Waals surface area contributed by atoms with Gasteiger partial charge in [-0.25, -0.2) is 0 Å². The molecule has 0 saturated heterocycles. The molecule has 1 fully saturated rings. The van der Waals surface area contributed by atoms with Gasteiger partial charge in [-0.05, 0) is 43.5 Å². The van der Waals surface area contributed by atoms with Gasteiger partial charge in [0.1, 0.15) is 0 Å². The molecule has 1 aliphatic rings. The number of amides is 1. The minimum absolute atomic E-state index is 0.0388. The van der Waals surface area contributed by atoms with E-state index in [-0.39, 0.29) is 5.91 Å². The van der Waals surface area contributed by atoms with Gasteiger partial charge < -0.3 is 5.32 Å². The van der Waals surface area contributed by atoms with Crippen molar-refractivity contribution in [3.05, 3.63) is 33.8 Å². The molecule has 0 atom stereocenters. The summed E-state index contributed by atoms with van der Waals surface area (Å²) in [5.41, 5.74) is 1.84. The third kappa shape index (κ3) is 2.35. The van der Waals surface area contributed by atoms with Gasteiger partial charge in [-0.3, -0.25) is 4.79 Å². The van der Waals surface area contributed by atoms with E-state index in [1.54, 1.807) is 0 Å². The molecule has 0 radical (unpaired) electrons. The third-order valence-electron chi connectivity index (χ3n) is 2.22. The molecule has 1 N–H and O–H groups in total. The molecule has 0 aliphatic heterocycles. The van der Waals surface area contributed by atoms with E-state index < -0.39 is 0 Å². The molecule has 0 aromatic heterocycles. The summed E-state index contributed by atoms with van der Waals surface area (Å²) in [7, 11) is 0. The summed E-state index contributed by atoms with van der Waals surface area (Å²) in [4.78, 5) is 11.7. The van der Waals surface area contributed by atoms with Crippen molar-refractivity contribution in [2.45, 2.75) is 25.8 Å². The van der Waals surface area contributed by atoms with E-state index in [9.17, 15) is 4.79 Å². The molecule has 1 saturated carbocycles. The highest BCUT2D eigenvalue weighted by atomic mass is 79.9. The van der Waals surface area contributed by atoms with Crippen LogP contribution >= 0.6 is 15.9 Å². The monoisotopic (exact) mass is 253 g/mol. The van der Waals surface area contributed by atoms with E-state index in [2.05, 4.69) is 21.2 Å². The highest BCUT2D eigenvalue weighted by molar-refractivity contribution is 9.10. The zero-order valence-electron chi connectivity index (χ0n) is 8.01. The summed E-state index contributed by atoms with van der Waals surface area (Å²) in [6.45, 7) is 1.98. The van der Waals surface area contributed by atoms with Gasteiger partial charge in [-0.1, -0.05) is 15.9 Å². The van der Waals surface area contributed by atoms with Gasteiger partial charge in [0.15, 0.2) is 0 Å². The minimum Gasteiger partial charge on any atom is -0.349 e. The number of nitrogens with one attached hydrogen (secondary N) is 1. The van der Waals surface area contributed by atoms with Crippen LogP contribution in [0.4, 0.5) is 0 Å². The van der Waals surface area contributed by atoms with Crippen LogP contribution < -0.4 is 5.32 Å². The fourth-order valence-corrected chi connectivity index (χ4v) is 1.97. The Hall–Kier alpha value is -0.830. The van der Waals surface area contributed by atoms with Crippen LogP contribution in [0.5, 0.6) is 0 Å². The van der Waals surface area contributed by atoms with Crippen LogP contribution in [-0.2, 0) is 0 Å². The maximum Gasteiger partial charge on any atom is 0.251 e. The first-order valence-electron chi connectivity index (χ1n) is 4.73. The lowest BCUT2D eigenvalue weighted by Gasteiger charge is -2.04. The normalized spacial score (nSPS) is 15.3. The summed E-state index contributed by atoms with van der Waals surface area (Å²) in [6.07, 6.45) is 2.25. The molecular weight excluding hydrogens is 242 g/mol. The summed E-state index contributed by atoms with van der Waals surface area (Å²) < 4.78 is 0.957. The Morgan fingerprint density at radius 3 is 2.71 bits per heavy atom. The molecule has 74 valence electrons. The Kier molecular flexibility index (Phi) is 2.59. The van der Waals surface area contributed by atoms with Gasteiger partial charge >= 0.3 is 0 Å². The van der Waals surface area contributed by atoms with Crippen molar-refractivity contribution in [3.8, 4) is 0 Å². The molecule has 2 nitrogen and oxygen atoms in total. The zero-order chi connectivity index (χ0) is 10.1. The first kappa shape index (κ1) is 9.71. The molecule has 0 bridgehead atoms. The van der Waals surface area contributed by atoms with Crippen LogP contribution in [0.15, 0.2) is 22.7 Å². The lowest BCUT2D eigenvalue weighted by Crippen LogP contribution is -2.25. The van der Waals surface area contributed by atoms with Gasteiger partial charge in [0, 0.05) is 16.1 Å². The number of halogens is 1. The Bertz CT molecular complexity index is 351. The van der Waals surface area contributed by atoms with Gasteiger partial charge in [0.2, 0.25) is 0 Å². The highest BCUT2D eigenvalue weighted by Crippen LogP contribution is 2.20. The van der Waals surface area contributed by atoms with Crippen molar-refractivity contribution in [2.75, 3.05) is 0 Å². The summed E-state index contributed by atoms with van der Waals surface area (Å²) in [5.74, 6) is 0.0388. The number of carbonyl (C=O) groups is 1. The lowest BCUT2D eigenvalue weighted by molar-refractivity contribution is 0.0951. The van der Waals surface area contributed by atoms with Gasteiger partial charge in [-0.15, -0.1) is 0 Å². The first-order valence-corrected chi connectivity index (χ1v) is 5.52. The largest absolute Gasteiger partial charge is 0.349 e. The summed E-state index contributed by atoms with van der Waals surface area (Å²) in [6, 6.07) is 6.17.